The Morgan fingerprint density at radius 2 is 0.700 bits per heavy atom. The molecule has 0 aliphatic carbocycles. The van der Waals surface area contributed by atoms with Gasteiger partial charge in [0.25, 0.3) is 0 Å². The SMILES string of the molecule is CC(C)(C)[Si](=[Si]1C([Si](C)(C)C)([Si](C)(C)C)CCC1([Si](C)(C)C)[Si](C)(C)C)C(C)(C)C. The van der Waals surface area contributed by atoms with Crippen molar-refractivity contribution in [1.82, 2.24) is 0 Å². The first-order chi connectivity index (χ1) is 12.7. The molecule has 178 valence electrons. The van der Waals surface area contributed by atoms with Crippen LogP contribution in [0.2, 0.25) is 97.2 Å². The monoisotopic (exact) mass is 514 g/mol. The van der Waals surface area contributed by atoms with Crippen LogP contribution in [0, 0.1) is 0 Å². The minimum absolute atomic E-state index is 0.483. The first kappa shape index (κ1) is 29.3. The average Bonchev–Trinajstić information content (AvgIpc) is 2.70. The van der Waals surface area contributed by atoms with E-state index in [0.717, 1.165) is 8.57 Å². The molecule has 0 radical (unpaired) electrons. The summed E-state index contributed by atoms with van der Waals surface area (Å²) in [6, 6.07) is 0. The van der Waals surface area contributed by atoms with Crippen molar-refractivity contribution in [3.05, 3.63) is 0 Å². The molecule has 6 heteroatoms. The molecule has 0 unspecified atom stereocenters. The maximum atomic E-state index is 2.80. The molecule has 1 aliphatic heterocycles. The van der Waals surface area contributed by atoms with Gasteiger partial charge in [-0.3, -0.25) is 0 Å². The summed E-state index contributed by atoms with van der Waals surface area (Å²) in [5, 5.41) is 0.966. The summed E-state index contributed by atoms with van der Waals surface area (Å²) in [6.07, 6.45) is 3.20. The molecule has 0 aromatic heterocycles. The Hall–Kier alpha value is 1.30. The molecule has 0 nitrogen and oxygen atoms in total. The van der Waals surface area contributed by atoms with Gasteiger partial charge >= 0.3 is 0 Å². The van der Waals surface area contributed by atoms with Crippen LogP contribution in [0.15, 0.2) is 0 Å². The van der Waals surface area contributed by atoms with E-state index in [1.165, 1.54) is 0 Å². The topological polar surface area (TPSA) is 0 Å². The first-order valence-electron chi connectivity index (χ1n) is 12.5. The molecular weight excluding hydrogens is 457 g/mol. The van der Waals surface area contributed by atoms with Crippen molar-refractivity contribution in [2.75, 3.05) is 0 Å². The Bertz CT molecular complexity index is 590. The third-order valence-corrected chi connectivity index (χ3v) is 58.1. The van der Waals surface area contributed by atoms with Gasteiger partial charge in [0.05, 0.1) is 0 Å². The summed E-state index contributed by atoms with van der Waals surface area (Å²) in [6.45, 7) is 49.5. The van der Waals surface area contributed by atoms with Crippen molar-refractivity contribution in [3.63, 3.8) is 0 Å². The second kappa shape index (κ2) is 7.92. The van der Waals surface area contributed by atoms with Crippen LogP contribution in [0.5, 0.6) is 0 Å². The summed E-state index contributed by atoms with van der Waals surface area (Å²) < 4.78 is 1.53. The lowest BCUT2D eigenvalue weighted by atomic mass is 10.2. The molecule has 0 spiro atoms. The van der Waals surface area contributed by atoms with E-state index in [1.54, 1.807) is 12.8 Å². The highest BCUT2D eigenvalue weighted by atomic mass is 28.9. The number of rotatable bonds is 4. The smallest absolute Gasteiger partial charge is 0.0481 e. The lowest BCUT2D eigenvalue weighted by Crippen LogP contribution is -2.68. The van der Waals surface area contributed by atoms with Crippen molar-refractivity contribution in [2.24, 2.45) is 0 Å². The summed E-state index contributed by atoms with van der Waals surface area (Å²) >= 11 is 0. The fourth-order valence-corrected chi connectivity index (χ4v) is 78.0. The molecule has 0 saturated carbocycles. The summed E-state index contributed by atoms with van der Waals surface area (Å²) in [5.74, 6) is 0. The summed E-state index contributed by atoms with van der Waals surface area (Å²) in [5.41, 5.74) is 0. The molecule has 1 saturated heterocycles. The standard InChI is InChI=1S/C24H58Si6/c1-21(2,3)25(22(4,5)6)26-23(27(7,8)9,28(10,11)12)19-20-24(26,29(13,14)15)30(16,17)18/h19-20H2,1-18H3. The van der Waals surface area contributed by atoms with Gasteiger partial charge in [0.2, 0.25) is 0 Å². The Morgan fingerprint density at radius 3 is 0.833 bits per heavy atom. The maximum Gasteiger partial charge on any atom is 0.0481 e. The van der Waals surface area contributed by atoms with Crippen LogP contribution in [0.3, 0.4) is 0 Å². The second-order valence-electron chi connectivity index (χ2n) is 16.6. The molecule has 30 heavy (non-hydrogen) atoms. The van der Waals surface area contributed by atoms with E-state index < -0.39 is 48.1 Å². The van der Waals surface area contributed by atoms with Gasteiger partial charge in [0.15, 0.2) is 0 Å². The highest BCUT2D eigenvalue weighted by Gasteiger charge is 2.70. The van der Waals surface area contributed by atoms with Gasteiger partial charge in [-0.1, -0.05) is 133 Å². The van der Waals surface area contributed by atoms with Crippen LogP contribution in [-0.2, 0) is 0 Å². The fourth-order valence-electron chi connectivity index (χ4n) is 8.54. The Balaban J connectivity index is 4.59. The van der Waals surface area contributed by atoms with E-state index in [1.807, 2.05) is 0 Å². The van der Waals surface area contributed by atoms with Crippen LogP contribution >= 0.6 is 0 Å². The zero-order chi connectivity index (χ0) is 24.6. The molecule has 0 atom stereocenters. The minimum atomic E-state index is -1.36. The van der Waals surface area contributed by atoms with Crippen molar-refractivity contribution in [3.8, 4) is 0 Å². The van der Waals surface area contributed by atoms with E-state index >= 15 is 0 Å². The van der Waals surface area contributed by atoms with Crippen LogP contribution in [-0.4, -0.2) is 48.1 Å². The van der Waals surface area contributed by atoms with Gasteiger partial charge < -0.3 is 0 Å². The van der Waals surface area contributed by atoms with E-state index in [0.29, 0.717) is 10.1 Å². The normalized spacial score (nSPS) is 21.2. The van der Waals surface area contributed by atoms with Gasteiger partial charge in [-0.15, -0.1) is 0 Å². The largest absolute Gasteiger partial charge is 0.0694 e. The molecule has 0 aromatic carbocycles. The molecule has 0 bridgehead atoms. The van der Waals surface area contributed by atoms with Gasteiger partial charge in [0.1, 0.15) is 0 Å². The minimum Gasteiger partial charge on any atom is -0.0694 e. The Kier molecular flexibility index (Phi) is 7.75. The predicted molar refractivity (Wildman–Crippen MR) is 159 cm³/mol. The molecule has 1 heterocycles. The van der Waals surface area contributed by atoms with Gasteiger partial charge in [-0.2, -0.15) is 0 Å². The first-order valence-corrected chi connectivity index (χ1v) is 30.5. The number of hydrogen-bond acceptors (Lipinski definition) is 0. The van der Waals surface area contributed by atoms with Crippen molar-refractivity contribution < 1.29 is 0 Å². The molecular formula is C24H58Si6. The summed E-state index contributed by atoms with van der Waals surface area (Å²) in [7, 11) is -6.55. The zero-order valence-corrected chi connectivity index (χ0v) is 30.4. The maximum absolute atomic E-state index is 2.80. The van der Waals surface area contributed by atoms with Gasteiger partial charge in [0, 0.05) is 32.3 Å². The molecule has 0 amide bonds. The fraction of sp³-hybridized carbons (Fsp3) is 1.00. The van der Waals surface area contributed by atoms with Crippen LogP contribution in [0.4, 0.5) is 0 Å². The van der Waals surface area contributed by atoms with Crippen molar-refractivity contribution in [2.45, 2.75) is 152 Å². The van der Waals surface area contributed by atoms with Crippen molar-refractivity contribution >= 4 is 48.1 Å². The predicted octanol–water partition coefficient (Wildman–Crippen LogP) is 9.44. The highest BCUT2D eigenvalue weighted by Crippen LogP contribution is 2.70. The third kappa shape index (κ3) is 4.49. The molecule has 1 rings (SSSR count). The van der Waals surface area contributed by atoms with E-state index in [2.05, 4.69) is 120 Å². The molecule has 1 aliphatic rings. The average molecular weight is 515 g/mol. The number of hydrogen-bond donors (Lipinski definition) is 0. The lowest BCUT2D eigenvalue weighted by molar-refractivity contribution is 0.662. The van der Waals surface area contributed by atoms with Crippen molar-refractivity contribution in [1.29, 1.82) is 0 Å². The molecule has 0 aromatic rings. The second-order valence-corrected chi connectivity index (χ2v) is 50.2. The van der Waals surface area contributed by atoms with Crippen LogP contribution < -0.4 is 0 Å². The van der Waals surface area contributed by atoms with Gasteiger partial charge in [-0.25, -0.2) is 0 Å². The molecule has 0 N–H and O–H groups in total. The van der Waals surface area contributed by atoms with Crippen LogP contribution in [0.1, 0.15) is 54.4 Å². The van der Waals surface area contributed by atoms with Gasteiger partial charge in [-0.05, 0) is 34.4 Å². The van der Waals surface area contributed by atoms with E-state index in [4.69, 9.17) is 0 Å². The van der Waals surface area contributed by atoms with E-state index in [-0.39, 0.29) is 0 Å². The highest BCUT2D eigenvalue weighted by molar-refractivity contribution is 7.28. The summed E-state index contributed by atoms with van der Waals surface area (Å²) in [4.78, 5) is 0. The quantitative estimate of drug-likeness (QED) is 0.327. The molecule has 1 fully saturated rings. The van der Waals surface area contributed by atoms with E-state index in [9.17, 15) is 0 Å². The lowest BCUT2D eigenvalue weighted by Gasteiger charge is -2.60. The van der Waals surface area contributed by atoms with Crippen LogP contribution in [0.25, 0.3) is 0 Å². The Labute approximate surface area is 199 Å². The third-order valence-electron chi connectivity index (χ3n) is 8.60. The zero-order valence-electron chi connectivity index (χ0n) is 24.4. The Morgan fingerprint density at radius 1 is 0.500 bits per heavy atom.